The van der Waals surface area contributed by atoms with Crippen LogP contribution in [0.25, 0.3) is 0 Å². The van der Waals surface area contributed by atoms with Gasteiger partial charge in [0.05, 0.1) is 0 Å². The molecule has 0 radical (unpaired) electrons. The van der Waals surface area contributed by atoms with E-state index < -0.39 is 6.10 Å². The Labute approximate surface area is 510 Å². The predicted molar refractivity (Wildman–Crippen MR) is 358 cm³/mol. The van der Waals surface area contributed by atoms with Gasteiger partial charge in [-0.3, -0.25) is 14.4 Å². The van der Waals surface area contributed by atoms with Gasteiger partial charge in [0.15, 0.2) is 6.10 Å². The summed E-state index contributed by atoms with van der Waals surface area (Å²) in [7, 11) is 0. The summed E-state index contributed by atoms with van der Waals surface area (Å²) in [6.45, 7) is 6.60. The lowest BCUT2D eigenvalue weighted by atomic mass is 10.0. The molecule has 0 N–H and O–H groups in total. The normalized spacial score (nSPS) is 12.4. The van der Waals surface area contributed by atoms with Gasteiger partial charge in [0.2, 0.25) is 0 Å². The molecule has 82 heavy (non-hydrogen) atoms. The van der Waals surface area contributed by atoms with Crippen LogP contribution in [0, 0.1) is 0 Å². The molecule has 6 heteroatoms. The van der Waals surface area contributed by atoms with Crippen molar-refractivity contribution in [1.29, 1.82) is 0 Å². The van der Waals surface area contributed by atoms with Gasteiger partial charge in [-0.15, -0.1) is 0 Å². The summed E-state index contributed by atoms with van der Waals surface area (Å²) in [6.07, 6.45) is 91.0. The zero-order valence-electron chi connectivity index (χ0n) is 55.0. The van der Waals surface area contributed by atoms with Crippen molar-refractivity contribution < 1.29 is 28.6 Å². The highest BCUT2D eigenvalue weighted by molar-refractivity contribution is 5.71. The Morgan fingerprint density at radius 2 is 0.476 bits per heavy atom. The molecular weight excluding hydrogens is 1010 g/mol. The number of ether oxygens (including phenoxy) is 3. The number of esters is 3. The first-order valence-corrected chi connectivity index (χ1v) is 36.3. The molecule has 0 fully saturated rings. The third-order valence-corrected chi connectivity index (χ3v) is 16.3. The van der Waals surface area contributed by atoms with Gasteiger partial charge in [0.1, 0.15) is 13.2 Å². The predicted octanol–water partition coefficient (Wildman–Crippen LogP) is 25.1. The quantitative estimate of drug-likeness (QED) is 0.0261. The van der Waals surface area contributed by atoms with Crippen molar-refractivity contribution in [3.8, 4) is 0 Å². The van der Waals surface area contributed by atoms with Gasteiger partial charge in [-0.05, 0) is 64.2 Å². The van der Waals surface area contributed by atoms with Crippen LogP contribution in [0.2, 0.25) is 0 Å². The van der Waals surface area contributed by atoms with Crippen LogP contribution in [-0.2, 0) is 28.6 Å². The summed E-state index contributed by atoms with van der Waals surface area (Å²) in [5.74, 6) is -0.847. The highest BCUT2D eigenvalue weighted by Gasteiger charge is 2.19. The molecule has 0 aromatic heterocycles. The third kappa shape index (κ3) is 67.9. The molecule has 0 aliphatic carbocycles. The fourth-order valence-electron chi connectivity index (χ4n) is 10.9. The second kappa shape index (κ2) is 70.6. The van der Waals surface area contributed by atoms with Crippen molar-refractivity contribution >= 4 is 17.9 Å². The lowest BCUT2D eigenvalue weighted by Crippen LogP contribution is -2.30. The fraction of sp³-hybridized carbons (Fsp3) is 0.829. The molecule has 0 saturated carbocycles. The summed E-state index contributed by atoms with van der Waals surface area (Å²) < 4.78 is 17.0. The van der Waals surface area contributed by atoms with Crippen LogP contribution in [0.15, 0.2) is 60.8 Å². The van der Waals surface area contributed by atoms with Gasteiger partial charge >= 0.3 is 17.9 Å². The van der Waals surface area contributed by atoms with E-state index in [4.69, 9.17) is 14.2 Å². The Bertz CT molecular complexity index is 1460. The second-order valence-corrected chi connectivity index (χ2v) is 24.5. The molecule has 0 aromatic carbocycles. The monoisotopic (exact) mass is 1150 g/mol. The zero-order valence-corrected chi connectivity index (χ0v) is 55.0. The van der Waals surface area contributed by atoms with Crippen molar-refractivity contribution in [2.75, 3.05) is 13.2 Å². The Hall–Kier alpha value is -2.89. The largest absolute Gasteiger partial charge is 0.462 e. The minimum atomic E-state index is -0.775. The minimum absolute atomic E-state index is 0.0699. The Kier molecular flexibility index (Phi) is 68.1. The molecule has 0 saturated heterocycles. The summed E-state index contributed by atoms with van der Waals surface area (Å²) in [6, 6.07) is 0. The maximum absolute atomic E-state index is 13.0. The average Bonchev–Trinajstić information content (AvgIpc) is 3.47. The molecule has 0 aliphatic rings. The van der Waals surface area contributed by atoms with E-state index in [-0.39, 0.29) is 31.1 Å². The molecule has 478 valence electrons. The van der Waals surface area contributed by atoms with Gasteiger partial charge in [-0.1, -0.05) is 364 Å². The topological polar surface area (TPSA) is 78.9 Å². The summed E-state index contributed by atoms with van der Waals surface area (Å²) >= 11 is 0. The van der Waals surface area contributed by atoms with Gasteiger partial charge < -0.3 is 14.2 Å². The molecule has 1 atom stereocenters. The zero-order chi connectivity index (χ0) is 59.2. The maximum Gasteiger partial charge on any atom is 0.306 e. The number of rotatable bonds is 67. The summed E-state index contributed by atoms with van der Waals surface area (Å²) in [5, 5.41) is 0. The molecule has 0 rings (SSSR count). The third-order valence-electron chi connectivity index (χ3n) is 16.3. The van der Waals surface area contributed by atoms with Crippen LogP contribution in [0.4, 0.5) is 0 Å². The summed E-state index contributed by atoms with van der Waals surface area (Å²) in [4.78, 5) is 38.5. The fourth-order valence-corrected chi connectivity index (χ4v) is 10.9. The van der Waals surface area contributed by atoms with E-state index >= 15 is 0 Å². The van der Waals surface area contributed by atoms with Crippen molar-refractivity contribution in [3.05, 3.63) is 60.8 Å². The van der Waals surface area contributed by atoms with Gasteiger partial charge in [-0.2, -0.15) is 0 Å². The van der Waals surface area contributed by atoms with Crippen LogP contribution < -0.4 is 0 Å². The number of carbonyl (C=O) groups is 3. The van der Waals surface area contributed by atoms with Crippen molar-refractivity contribution in [1.82, 2.24) is 0 Å². The van der Waals surface area contributed by atoms with E-state index in [0.29, 0.717) is 19.3 Å². The van der Waals surface area contributed by atoms with Crippen LogP contribution in [-0.4, -0.2) is 37.2 Å². The van der Waals surface area contributed by atoms with E-state index in [1.165, 1.54) is 250 Å². The number of hydrogen-bond acceptors (Lipinski definition) is 6. The molecule has 0 aliphatic heterocycles. The van der Waals surface area contributed by atoms with Gasteiger partial charge in [0.25, 0.3) is 0 Å². The molecule has 0 aromatic rings. The molecule has 1 unspecified atom stereocenters. The number of allylic oxidation sites excluding steroid dienone is 10. The SMILES string of the molecule is CC/C=C\C/C=C\C/C=C\C/C=C\C/C=C\CCCCCCCCCCCC(=O)OCC(COC(=O)CCCCCCCCCCCCCCCCCC)OC(=O)CCCCCCCCCCCCCCCCCCCCCCCCC. The Balaban J connectivity index is 4.31. The van der Waals surface area contributed by atoms with Gasteiger partial charge in [0, 0.05) is 19.3 Å². The van der Waals surface area contributed by atoms with E-state index in [1.807, 2.05) is 0 Å². The molecule has 0 heterocycles. The number of unbranched alkanes of at least 4 members (excludes halogenated alkanes) is 46. The molecule has 6 nitrogen and oxygen atoms in total. The van der Waals surface area contributed by atoms with Gasteiger partial charge in [-0.25, -0.2) is 0 Å². The smallest absolute Gasteiger partial charge is 0.306 e. The van der Waals surface area contributed by atoms with E-state index in [1.54, 1.807) is 0 Å². The Morgan fingerprint density at radius 3 is 0.744 bits per heavy atom. The first-order valence-electron chi connectivity index (χ1n) is 36.3. The number of carbonyl (C=O) groups excluding carboxylic acids is 3. The van der Waals surface area contributed by atoms with E-state index in [2.05, 4.69) is 81.5 Å². The summed E-state index contributed by atoms with van der Waals surface area (Å²) in [5.41, 5.74) is 0. The van der Waals surface area contributed by atoms with Crippen molar-refractivity contribution in [2.24, 2.45) is 0 Å². The standard InChI is InChI=1S/C76H138O6/c1-4-7-10-13-16-19-22-25-28-31-33-35-37-38-40-41-43-45-48-51-54-57-60-63-66-69-75(78)81-72-73(71-80-74(77)68-65-62-59-56-53-50-47-30-27-24-21-18-15-12-9-6-3)82-76(79)70-67-64-61-58-55-52-49-46-44-42-39-36-34-32-29-26-23-20-17-14-11-8-5-2/h7,10,16,19,25,28,33,35,38,40,73H,4-6,8-9,11-15,17-18,20-24,26-27,29-32,34,36-37,39,41-72H2,1-3H3/b10-7-,19-16-,28-25-,35-33-,40-38-. The molecule has 0 spiro atoms. The van der Waals surface area contributed by atoms with Crippen molar-refractivity contribution in [3.63, 3.8) is 0 Å². The first-order chi connectivity index (χ1) is 40.5. The van der Waals surface area contributed by atoms with Crippen LogP contribution in [0.3, 0.4) is 0 Å². The van der Waals surface area contributed by atoms with E-state index in [0.717, 1.165) is 96.3 Å². The minimum Gasteiger partial charge on any atom is -0.462 e. The van der Waals surface area contributed by atoms with E-state index in [9.17, 15) is 14.4 Å². The Morgan fingerprint density at radius 1 is 0.256 bits per heavy atom. The first kappa shape index (κ1) is 79.1. The molecule has 0 amide bonds. The van der Waals surface area contributed by atoms with Crippen molar-refractivity contribution in [2.45, 2.75) is 393 Å². The lowest BCUT2D eigenvalue weighted by molar-refractivity contribution is -0.167. The number of hydrogen-bond donors (Lipinski definition) is 0. The lowest BCUT2D eigenvalue weighted by Gasteiger charge is -2.18. The van der Waals surface area contributed by atoms with Crippen LogP contribution >= 0.6 is 0 Å². The van der Waals surface area contributed by atoms with Crippen LogP contribution in [0.5, 0.6) is 0 Å². The second-order valence-electron chi connectivity index (χ2n) is 24.5. The molecular formula is C76H138O6. The molecule has 0 bridgehead atoms. The van der Waals surface area contributed by atoms with Crippen LogP contribution in [0.1, 0.15) is 387 Å². The average molecular weight is 1150 g/mol. The highest BCUT2D eigenvalue weighted by Crippen LogP contribution is 2.19. The maximum atomic E-state index is 13.0. The highest BCUT2D eigenvalue weighted by atomic mass is 16.6.